The number of aliphatic hydroxyl groups is 3. The SMILES string of the molecule is CCCC(=O)OCC(CO)(CO)COCC(CO)(COC(=O)CCC)COC(=O)CCC. The van der Waals surface area contributed by atoms with Crippen LogP contribution in [-0.4, -0.2) is 86.1 Å². The van der Waals surface area contributed by atoms with Crippen molar-refractivity contribution in [2.75, 3.05) is 52.9 Å². The molecule has 0 radical (unpaired) electrons. The second-order valence-electron chi connectivity index (χ2n) is 8.20. The molecule has 0 atom stereocenters. The molecule has 0 rings (SSSR count). The number of esters is 3. The third-order valence-electron chi connectivity index (χ3n) is 4.80. The Morgan fingerprint density at radius 3 is 1.19 bits per heavy atom. The fourth-order valence-corrected chi connectivity index (χ4v) is 2.55. The van der Waals surface area contributed by atoms with Crippen LogP contribution in [0.3, 0.4) is 0 Å². The molecule has 0 aromatic carbocycles. The van der Waals surface area contributed by atoms with Crippen LogP contribution in [0.1, 0.15) is 59.3 Å². The van der Waals surface area contributed by atoms with Crippen molar-refractivity contribution in [1.29, 1.82) is 0 Å². The van der Waals surface area contributed by atoms with E-state index >= 15 is 0 Å². The highest BCUT2D eigenvalue weighted by atomic mass is 16.6. The molecule has 0 aliphatic carbocycles. The lowest BCUT2D eigenvalue weighted by atomic mass is 9.90. The molecule has 0 heterocycles. The summed E-state index contributed by atoms with van der Waals surface area (Å²) in [6.45, 7) is 2.85. The fourth-order valence-electron chi connectivity index (χ4n) is 2.55. The first-order chi connectivity index (χ1) is 15.3. The minimum Gasteiger partial charge on any atom is -0.465 e. The molecule has 0 bridgehead atoms. The maximum Gasteiger partial charge on any atom is 0.305 e. The van der Waals surface area contributed by atoms with Crippen LogP contribution in [0.5, 0.6) is 0 Å². The first-order valence-electron chi connectivity index (χ1n) is 11.1. The monoisotopic (exact) mass is 464 g/mol. The van der Waals surface area contributed by atoms with Gasteiger partial charge in [-0.05, 0) is 19.3 Å². The zero-order valence-corrected chi connectivity index (χ0v) is 19.6. The number of rotatable bonds is 19. The molecule has 0 unspecified atom stereocenters. The lowest BCUT2D eigenvalue weighted by molar-refractivity contribution is -0.164. The molecule has 3 N–H and O–H groups in total. The Hall–Kier alpha value is -1.75. The molecule has 0 aromatic rings. The lowest BCUT2D eigenvalue weighted by Gasteiger charge is -2.33. The highest BCUT2D eigenvalue weighted by Gasteiger charge is 2.37. The fraction of sp³-hybridized carbons (Fsp3) is 0.864. The van der Waals surface area contributed by atoms with Crippen molar-refractivity contribution >= 4 is 17.9 Å². The predicted molar refractivity (Wildman–Crippen MR) is 115 cm³/mol. The quantitative estimate of drug-likeness (QED) is 0.186. The lowest BCUT2D eigenvalue weighted by Crippen LogP contribution is -2.45. The van der Waals surface area contributed by atoms with Crippen LogP contribution in [0.15, 0.2) is 0 Å². The Labute approximate surface area is 190 Å². The van der Waals surface area contributed by atoms with E-state index in [0.29, 0.717) is 19.3 Å². The van der Waals surface area contributed by atoms with E-state index in [4.69, 9.17) is 18.9 Å². The molecule has 10 heteroatoms. The molecule has 0 fully saturated rings. The second-order valence-corrected chi connectivity index (χ2v) is 8.20. The van der Waals surface area contributed by atoms with Crippen molar-refractivity contribution in [2.45, 2.75) is 59.3 Å². The first-order valence-corrected chi connectivity index (χ1v) is 11.1. The zero-order valence-electron chi connectivity index (χ0n) is 19.6. The Balaban J connectivity index is 5.17. The van der Waals surface area contributed by atoms with Crippen molar-refractivity contribution in [1.82, 2.24) is 0 Å². The van der Waals surface area contributed by atoms with Gasteiger partial charge in [0.15, 0.2) is 0 Å². The van der Waals surface area contributed by atoms with Gasteiger partial charge in [0.2, 0.25) is 0 Å². The van der Waals surface area contributed by atoms with E-state index in [1.165, 1.54) is 0 Å². The summed E-state index contributed by atoms with van der Waals surface area (Å²) in [6, 6.07) is 0. The standard InChI is InChI=1S/C22H40O10/c1-4-7-18(26)30-15-21(10-23,11-24)13-29-14-22(12-25,16-31-19(27)8-5-2)17-32-20(28)9-6-3/h23-25H,4-17H2,1-3H3. The predicted octanol–water partition coefficient (Wildman–Crippen LogP) is 0.983. The number of hydrogen-bond donors (Lipinski definition) is 3. The van der Waals surface area contributed by atoms with Crippen LogP contribution in [0.25, 0.3) is 0 Å². The van der Waals surface area contributed by atoms with Crippen molar-refractivity contribution < 1.29 is 48.7 Å². The molecule has 188 valence electrons. The van der Waals surface area contributed by atoms with Crippen LogP contribution in [-0.2, 0) is 33.3 Å². The van der Waals surface area contributed by atoms with Gasteiger partial charge in [-0.2, -0.15) is 0 Å². The summed E-state index contributed by atoms with van der Waals surface area (Å²) < 4.78 is 21.3. The first kappa shape index (κ1) is 30.2. The molecule has 0 aliphatic heterocycles. The van der Waals surface area contributed by atoms with E-state index in [1.807, 2.05) is 20.8 Å². The highest BCUT2D eigenvalue weighted by Crippen LogP contribution is 2.23. The largest absolute Gasteiger partial charge is 0.465 e. The van der Waals surface area contributed by atoms with Gasteiger partial charge in [0.1, 0.15) is 19.8 Å². The Morgan fingerprint density at radius 1 is 0.562 bits per heavy atom. The van der Waals surface area contributed by atoms with Gasteiger partial charge in [-0.1, -0.05) is 20.8 Å². The van der Waals surface area contributed by atoms with Crippen molar-refractivity contribution in [3.63, 3.8) is 0 Å². The van der Waals surface area contributed by atoms with Crippen LogP contribution in [0, 0.1) is 10.8 Å². The van der Waals surface area contributed by atoms with Crippen LogP contribution in [0.4, 0.5) is 0 Å². The zero-order chi connectivity index (χ0) is 24.5. The van der Waals surface area contributed by atoms with E-state index in [-0.39, 0.29) is 52.3 Å². The molecular weight excluding hydrogens is 424 g/mol. The van der Waals surface area contributed by atoms with Gasteiger partial charge in [-0.25, -0.2) is 0 Å². The van der Waals surface area contributed by atoms with E-state index in [9.17, 15) is 29.7 Å². The van der Waals surface area contributed by atoms with E-state index in [2.05, 4.69) is 0 Å². The molecule has 10 nitrogen and oxygen atoms in total. The summed E-state index contributed by atoms with van der Waals surface area (Å²) in [5.41, 5.74) is -2.47. The van der Waals surface area contributed by atoms with Gasteiger partial charge in [0.25, 0.3) is 0 Å². The number of ether oxygens (including phenoxy) is 4. The summed E-state index contributed by atoms with van der Waals surface area (Å²) in [5, 5.41) is 29.5. The van der Waals surface area contributed by atoms with E-state index in [0.717, 1.165) is 0 Å². The molecule has 0 spiro atoms. The molecule has 0 saturated heterocycles. The summed E-state index contributed by atoms with van der Waals surface area (Å²) in [7, 11) is 0. The third kappa shape index (κ3) is 11.8. The third-order valence-corrected chi connectivity index (χ3v) is 4.80. The summed E-state index contributed by atoms with van der Waals surface area (Å²) in [5.74, 6) is -1.35. The van der Waals surface area contributed by atoms with Gasteiger partial charge < -0.3 is 34.3 Å². The van der Waals surface area contributed by atoms with Crippen molar-refractivity contribution in [3.8, 4) is 0 Å². The number of carbonyl (C=O) groups is 3. The minimum absolute atomic E-state index is 0.188. The second kappa shape index (κ2) is 16.8. The number of hydrogen-bond acceptors (Lipinski definition) is 10. The van der Waals surface area contributed by atoms with E-state index in [1.54, 1.807) is 0 Å². The highest BCUT2D eigenvalue weighted by molar-refractivity contribution is 5.70. The van der Waals surface area contributed by atoms with Gasteiger partial charge in [-0.3, -0.25) is 14.4 Å². The van der Waals surface area contributed by atoms with Gasteiger partial charge in [0, 0.05) is 19.3 Å². The van der Waals surface area contributed by atoms with E-state index < -0.39 is 48.6 Å². The molecular formula is C22H40O10. The maximum absolute atomic E-state index is 11.8. The number of carbonyl (C=O) groups excluding carboxylic acids is 3. The maximum atomic E-state index is 11.8. The smallest absolute Gasteiger partial charge is 0.305 e. The normalized spacial score (nSPS) is 11.8. The van der Waals surface area contributed by atoms with Gasteiger partial charge >= 0.3 is 17.9 Å². The van der Waals surface area contributed by atoms with Crippen LogP contribution >= 0.6 is 0 Å². The molecule has 32 heavy (non-hydrogen) atoms. The topological polar surface area (TPSA) is 149 Å². The van der Waals surface area contributed by atoms with Crippen LogP contribution < -0.4 is 0 Å². The Morgan fingerprint density at radius 2 is 0.875 bits per heavy atom. The van der Waals surface area contributed by atoms with Crippen molar-refractivity contribution in [2.24, 2.45) is 10.8 Å². The van der Waals surface area contributed by atoms with Crippen molar-refractivity contribution in [3.05, 3.63) is 0 Å². The Kier molecular flexibility index (Phi) is 15.9. The molecule has 0 aliphatic rings. The molecule has 0 aromatic heterocycles. The minimum atomic E-state index is -1.25. The summed E-state index contributed by atoms with van der Waals surface area (Å²) in [4.78, 5) is 35.3. The average molecular weight is 465 g/mol. The molecule has 0 saturated carbocycles. The van der Waals surface area contributed by atoms with Crippen LogP contribution in [0.2, 0.25) is 0 Å². The average Bonchev–Trinajstić information content (AvgIpc) is 2.78. The Bertz CT molecular complexity index is 523. The molecule has 0 amide bonds. The number of aliphatic hydroxyl groups excluding tert-OH is 3. The summed E-state index contributed by atoms with van der Waals surface area (Å²) in [6.07, 6.45) is 2.43. The van der Waals surface area contributed by atoms with Gasteiger partial charge in [-0.15, -0.1) is 0 Å². The van der Waals surface area contributed by atoms with Gasteiger partial charge in [0.05, 0.1) is 43.9 Å². The summed E-state index contributed by atoms with van der Waals surface area (Å²) >= 11 is 0.